The van der Waals surface area contributed by atoms with Crippen LogP contribution in [0.4, 0.5) is 5.82 Å². The van der Waals surface area contributed by atoms with Crippen molar-refractivity contribution in [2.24, 2.45) is 0 Å². The molecule has 2 heterocycles. The molecule has 5 rings (SSSR count). The number of hydrogen-bond donors (Lipinski definition) is 1. The van der Waals surface area contributed by atoms with Crippen molar-refractivity contribution in [3.63, 3.8) is 0 Å². The molecule has 0 spiro atoms. The average Bonchev–Trinajstić information content (AvgIpc) is 3.48. The summed E-state index contributed by atoms with van der Waals surface area (Å²) in [6, 6.07) is 24.0. The molecule has 37 heavy (non-hydrogen) atoms. The highest BCUT2D eigenvalue weighted by Gasteiger charge is 2.48. The van der Waals surface area contributed by atoms with Crippen LogP contribution in [0.3, 0.4) is 0 Å². The number of ether oxygens (including phenoxy) is 2. The highest BCUT2D eigenvalue weighted by molar-refractivity contribution is 6.51. The second-order valence-corrected chi connectivity index (χ2v) is 8.52. The zero-order valence-corrected chi connectivity index (χ0v) is 20.3. The first kappa shape index (κ1) is 23.9. The first-order chi connectivity index (χ1) is 18.0. The summed E-state index contributed by atoms with van der Waals surface area (Å²) < 4.78 is 16.7. The lowest BCUT2D eigenvalue weighted by Gasteiger charge is -2.23. The number of anilines is 1. The number of amides is 1. The molecule has 1 atom stereocenters. The summed E-state index contributed by atoms with van der Waals surface area (Å²) in [6.07, 6.45) is 0. The summed E-state index contributed by atoms with van der Waals surface area (Å²) in [7, 11) is 1.51. The first-order valence-corrected chi connectivity index (χ1v) is 11.6. The topological polar surface area (TPSA) is 102 Å². The lowest BCUT2D eigenvalue weighted by molar-refractivity contribution is -0.132. The summed E-state index contributed by atoms with van der Waals surface area (Å²) in [5.41, 5.74) is 1.88. The first-order valence-electron chi connectivity index (χ1n) is 11.6. The van der Waals surface area contributed by atoms with E-state index in [1.165, 1.54) is 12.0 Å². The minimum absolute atomic E-state index is 0.0585. The Morgan fingerprint density at radius 1 is 0.973 bits per heavy atom. The number of aliphatic hydroxyl groups excluding tert-OH is 1. The van der Waals surface area contributed by atoms with Gasteiger partial charge in [-0.3, -0.25) is 14.5 Å². The van der Waals surface area contributed by atoms with Gasteiger partial charge in [0.2, 0.25) is 0 Å². The number of rotatable bonds is 7. The molecule has 8 nitrogen and oxygen atoms in total. The Kier molecular flexibility index (Phi) is 6.47. The largest absolute Gasteiger partial charge is 0.507 e. The second kappa shape index (κ2) is 10.0. The van der Waals surface area contributed by atoms with Gasteiger partial charge in [-0.2, -0.15) is 0 Å². The lowest BCUT2D eigenvalue weighted by Crippen LogP contribution is -2.29. The Hall–Kier alpha value is -4.85. The molecule has 8 heteroatoms. The van der Waals surface area contributed by atoms with Crippen molar-refractivity contribution in [3.05, 3.63) is 113 Å². The molecule has 186 valence electrons. The Balaban J connectivity index is 1.60. The van der Waals surface area contributed by atoms with Crippen LogP contribution in [0.25, 0.3) is 5.76 Å². The van der Waals surface area contributed by atoms with Crippen molar-refractivity contribution in [1.29, 1.82) is 0 Å². The van der Waals surface area contributed by atoms with E-state index in [0.29, 0.717) is 35.0 Å². The molecule has 1 aromatic heterocycles. The Labute approximate surface area is 213 Å². The molecule has 4 aromatic rings. The molecule has 1 aliphatic rings. The molecule has 0 radical (unpaired) electrons. The van der Waals surface area contributed by atoms with Crippen molar-refractivity contribution in [1.82, 2.24) is 5.16 Å². The van der Waals surface area contributed by atoms with Crippen molar-refractivity contribution >= 4 is 23.3 Å². The number of carbonyl (C=O) groups excluding carboxylic acids is 2. The highest BCUT2D eigenvalue weighted by atomic mass is 16.5. The van der Waals surface area contributed by atoms with Gasteiger partial charge in [0.15, 0.2) is 17.3 Å². The van der Waals surface area contributed by atoms with Gasteiger partial charge in [0, 0.05) is 11.6 Å². The van der Waals surface area contributed by atoms with Crippen LogP contribution in [0.15, 0.2) is 95.0 Å². The summed E-state index contributed by atoms with van der Waals surface area (Å²) in [5.74, 6) is -0.381. The van der Waals surface area contributed by atoms with Crippen molar-refractivity contribution in [3.8, 4) is 11.5 Å². The van der Waals surface area contributed by atoms with Crippen molar-refractivity contribution < 1.29 is 28.7 Å². The number of benzene rings is 3. The van der Waals surface area contributed by atoms with E-state index in [-0.39, 0.29) is 17.2 Å². The number of carbonyl (C=O) groups is 2. The lowest BCUT2D eigenvalue weighted by atomic mass is 9.95. The fraction of sp³-hybridized carbons (Fsp3) is 0.138. The summed E-state index contributed by atoms with van der Waals surface area (Å²) in [4.78, 5) is 27.7. The molecule has 1 fully saturated rings. The van der Waals surface area contributed by atoms with Crippen LogP contribution in [-0.2, 0) is 16.2 Å². The number of Topliss-reactive ketones (excluding diaryl/α,β-unsaturated/α-hetero) is 1. The maximum atomic E-state index is 13.3. The Morgan fingerprint density at radius 3 is 2.32 bits per heavy atom. The van der Waals surface area contributed by atoms with E-state index in [1.807, 2.05) is 30.3 Å². The van der Waals surface area contributed by atoms with Crippen LogP contribution in [0, 0.1) is 6.92 Å². The van der Waals surface area contributed by atoms with Gasteiger partial charge in [0.25, 0.3) is 5.78 Å². The zero-order valence-electron chi connectivity index (χ0n) is 20.3. The quantitative estimate of drug-likeness (QED) is 0.213. The minimum atomic E-state index is -0.971. The van der Waals surface area contributed by atoms with Crippen LogP contribution in [0.1, 0.15) is 28.5 Å². The van der Waals surface area contributed by atoms with E-state index in [4.69, 9.17) is 14.0 Å². The van der Waals surface area contributed by atoms with Crippen LogP contribution in [0.5, 0.6) is 11.5 Å². The number of ketones is 1. The number of methoxy groups -OCH3 is 1. The second-order valence-electron chi connectivity index (χ2n) is 8.52. The maximum Gasteiger partial charge on any atom is 0.301 e. The Morgan fingerprint density at radius 2 is 1.68 bits per heavy atom. The Bertz CT molecular complexity index is 1480. The maximum absolute atomic E-state index is 13.3. The molecule has 0 bridgehead atoms. The third-order valence-electron chi connectivity index (χ3n) is 6.09. The fourth-order valence-electron chi connectivity index (χ4n) is 4.31. The monoisotopic (exact) mass is 496 g/mol. The van der Waals surface area contributed by atoms with E-state index in [9.17, 15) is 14.7 Å². The molecule has 1 amide bonds. The van der Waals surface area contributed by atoms with Gasteiger partial charge in [-0.1, -0.05) is 71.9 Å². The predicted molar refractivity (Wildman–Crippen MR) is 136 cm³/mol. The highest BCUT2D eigenvalue weighted by Crippen LogP contribution is 2.44. The van der Waals surface area contributed by atoms with Crippen LogP contribution in [0.2, 0.25) is 0 Å². The standard InChI is InChI=1S/C29H24N2O6/c1-18-15-24(30-37-18)31-26(25(28(33)29(31)34)27(32)20-11-7-4-8-12-20)21-13-14-22(23(16-21)35-2)36-17-19-9-5-3-6-10-19/h3-16,26,32H,17H2,1-2H3/t26-/m0/s1. The van der Waals surface area contributed by atoms with Gasteiger partial charge >= 0.3 is 5.91 Å². The number of hydrogen-bond acceptors (Lipinski definition) is 7. The summed E-state index contributed by atoms with van der Waals surface area (Å²) in [5, 5.41) is 15.1. The van der Waals surface area contributed by atoms with Crippen molar-refractivity contribution in [2.45, 2.75) is 19.6 Å². The molecule has 0 aliphatic carbocycles. The van der Waals surface area contributed by atoms with Gasteiger partial charge in [-0.25, -0.2) is 0 Å². The van der Waals surface area contributed by atoms with Crippen molar-refractivity contribution in [2.75, 3.05) is 12.0 Å². The number of aliphatic hydroxyl groups is 1. The molecular formula is C29H24N2O6. The molecule has 0 unspecified atom stereocenters. The predicted octanol–water partition coefficient (Wildman–Crippen LogP) is 5.20. The van der Waals surface area contributed by atoms with Gasteiger partial charge in [-0.15, -0.1) is 0 Å². The van der Waals surface area contributed by atoms with E-state index in [1.54, 1.807) is 61.5 Å². The van der Waals surface area contributed by atoms with Gasteiger partial charge < -0.3 is 19.1 Å². The van der Waals surface area contributed by atoms with Crippen LogP contribution >= 0.6 is 0 Å². The molecule has 3 aromatic carbocycles. The zero-order chi connectivity index (χ0) is 25.9. The summed E-state index contributed by atoms with van der Waals surface area (Å²) >= 11 is 0. The molecule has 1 N–H and O–H groups in total. The van der Waals surface area contributed by atoms with Crippen LogP contribution < -0.4 is 14.4 Å². The normalized spacial score (nSPS) is 16.7. The van der Waals surface area contributed by atoms with E-state index in [0.717, 1.165) is 5.56 Å². The van der Waals surface area contributed by atoms with Gasteiger partial charge in [-0.05, 0) is 30.2 Å². The van der Waals surface area contributed by atoms with Gasteiger partial charge in [0.05, 0.1) is 18.7 Å². The number of nitrogens with zero attached hydrogens (tertiary/aromatic N) is 2. The van der Waals surface area contributed by atoms with E-state index >= 15 is 0 Å². The molecular weight excluding hydrogens is 472 g/mol. The number of aromatic nitrogens is 1. The molecule has 1 saturated heterocycles. The van der Waals surface area contributed by atoms with E-state index in [2.05, 4.69) is 5.16 Å². The minimum Gasteiger partial charge on any atom is -0.507 e. The number of aryl methyl sites for hydroxylation is 1. The fourth-order valence-corrected chi connectivity index (χ4v) is 4.31. The van der Waals surface area contributed by atoms with Gasteiger partial charge in [0.1, 0.15) is 18.1 Å². The third-order valence-corrected chi connectivity index (χ3v) is 6.09. The summed E-state index contributed by atoms with van der Waals surface area (Å²) in [6.45, 7) is 2.02. The molecule has 1 aliphatic heterocycles. The smallest absolute Gasteiger partial charge is 0.301 e. The SMILES string of the molecule is COc1cc([C@H]2C(=C(O)c3ccccc3)C(=O)C(=O)N2c2cc(C)on2)ccc1OCc1ccccc1. The van der Waals surface area contributed by atoms with E-state index < -0.39 is 17.7 Å². The van der Waals surface area contributed by atoms with Crippen LogP contribution in [-0.4, -0.2) is 29.1 Å². The average molecular weight is 497 g/mol. The third kappa shape index (κ3) is 4.56. The molecule has 0 saturated carbocycles.